The molecule has 2 saturated heterocycles. The fourth-order valence-electron chi connectivity index (χ4n) is 3.38. The number of pyridine rings is 1. The molecule has 2 fully saturated rings. The molecule has 2 aliphatic rings. The zero-order valence-corrected chi connectivity index (χ0v) is 15.4. The van der Waals surface area contributed by atoms with Crippen LogP contribution in [0.4, 0.5) is 23.7 Å². The number of carbonyl (C=O) groups is 2. The van der Waals surface area contributed by atoms with Gasteiger partial charge in [0.25, 0.3) is 0 Å². The van der Waals surface area contributed by atoms with Gasteiger partial charge in [-0.2, -0.15) is 13.2 Å². The summed E-state index contributed by atoms with van der Waals surface area (Å²) in [6, 6.07) is 2.77. The Morgan fingerprint density at radius 1 is 1.11 bits per heavy atom. The number of amides is 3. The first kappa shape index (κ1) is 20.2. The first-order valence-corrected chi connectivity index (χ1v) is 9.32. The summed E-state index contributed by atoms with van der Waals surface area (Å²) in [5, 5.41) is 2.72. The lowest BCUT2D eigenvalue weighted by Crippen LogP contribution is -2.47. The minimum atomic E-state index is -4.43. The maximum absolute atomic E-state index is 12.4. The zero-order valence-electron chi connectivity index (χ0n) is 15.4. The van der Waals surface area contributed by atoms with Gasteiger partial charge in [0.15, 0.2) is 6.61 Å². The number of nitrogens with one attached hydrogen (secondary N) is 1. The fourth-order valence-corrected chi connectivity index (χ4v) is 3.38. The van der Waals surface area contributed by atoms with Gasteiger partial charge in [-0.1, -0.05) is 0 Å². The van der Waals surface area contributed by atoms with Gasteiger partial charge in [0.2, 0.25) is 11.8 Å². The van der Waals surface area contributed by atoms with Crippen LogP contribution in [-0.4, -0.2) is 65.7 Å². The highest BCUT2D eigenvalue weighted by Crippen LogP contribution is 2.22. The van der Waals surface area contributed by atoms with E-state index in [4.69, 9.17) is 0 Å². The quantitative estimate of drug-likeness (QED) is 0.844. The van der Waals surface area contributed by atoms with Crippen molar-refractivity contribution in [3.05, 3.63) is 18.3 Å². The third-order valence-corrected chi connectivity index (χ3v) is 4.90. The summed E-state index contributed by atoms with van der Waals surface area (Å²) in [6.45, 7) is 1.26. The van der Waals surface area contributed by atoms with Gasteiger partial charge < -0.3 is 19.9 Å². The van der Waals surface area contributed by atoms with Crippen molar-refractivity contribution in [3.8, 4) is 5.88 Å². The molecule has 3 rings (SSSR count). The topological polar surface area (TPSA) is 74.8 Å². The molecule has 0 aliphatic carbocycles. The van der Waals surface area contributed by atoms with Crippen LogP contribution < -0.4 is 10.1 Å². The molecule has 2 aliphatic heterocycles. The summed E-state index contributed by atoms with van der Waals surface area (Å²) in [7, 11) is 0. The number of urea groups is 1. The van der Waals surface area contributed by atoms with Gasteiger partial charge >= 0.3 is 12.2 Å². The van der Waals surface area contributed by atoms with E-state index < -0.39 is 12.8 Å². The molecule has 0 saturated carbocycles. The molecule has 3 amide bonds. The average molecular weight is 400 g/mol. The molecule has 7 nitrogen and oxygen atoms in total. The SMILES string of the molecule is O=C(Nc1ccc(OCC(F)(F)F)nc1)C1CCN(C(=O)N2CCCC2)CC1. The van der Waals surface area contributed by atoms with Gasteiger partial charge in [-0.05, 0) is 31.7 Å². The number of likely N-dealkylation sites (tertiary alicyclic amines) is 2. The fraction of sp³-hybridized carbons (Fsp3) is 0.611. The highest BCUT2D eigenvalue weighted by molar-refractivity contribution is 5.92. The number of carbonyl (C=O) groups excluding carboxylic acids is 2. The molecular formula is C18H23F3N4O3. The van der Waals surface area contributed by atoms with E-state index in [1.807, 2.05) is 4.90 Å². The van der Waals surface area contributed by atoms with Crippen molar-refractivity contribution in [3.63, 3.8) is 0 Å². The number of anilines is 1. The third-order valence-electron chi connectivity index (χ3n) is 4.90. The van der Waals surface area contributed by atoms with Crippen molar-refractivity contribution < 1.29 is 27.5 Å². The first-order valence-electron chi connectivity index (χ1n) is 9.32. The largest absolute Gasteiger partial charge is 0.468 e. The van der Waals surface area contributed by atoms with E-state index in [1.54, 1.807) is 4.90 Å². The van der Waals surface area contributed by atoms with Crippen LogP contribution >= 0.6 is 0 Å². The highest BCUT2D eigenvalue weighted by Gasteiger charge is 2.31. The molecule has 28 heavy (non-hydrogen) atoms. The normalized spacial score (nSPS) is 18.2. The van der Waals surface area contributed by atoms with Crippen LogP contribution in [0, 0.1) is 5.92 Å². The second-order valence-electron chi connectivity index (χ2n) is 7.02. The van der Waals surface area contributed by atoms with Crippen molar-refractivity contribution >= 4 is 17.6 Å². The summed E-state index contributed by atoms with van der Waals surface area (Å²) in [5.74, 6) is -0.563. The van der Waals surface area contributed by atoms with Crippen LogP contribution in [-0.2, 0) is 4.79 Å². The van der Waals surface area contributed by atoms with Crippen LogP contribution in [0.1, 0.15) is 25.7 Å². The van der Waals surface area contributed by atoms with Gasteiger partial charge in [-0.25, -0.2) is 9.78 Å². The number of aromatic nitrogens is 1. The minimum absolute atomic E-state index is 0.0509. The monoisotopic (exact) mass is 400 g/mol. The third kappa shape index (κ3) is 5.49. The van der Waals surface area contributed by atoms with E-state index in [2.05, 4.69) is 15.0 Å². The molecule has 154 valence electrons. The molecule has 0 atom stereocenters. The van der Waals surface area contributed by atoms with E-state index >= 15 is 0 Å². The van der Waals surface area contributed by atoms with Gasteiger partial charge in [0.05, 0.1) is 11.9 Å². The van der Waals surface area contributed by atoms with Crippen molar-refractivity contribution in [2.75, 3.05) is 38.1 Å². The summed E-state index contributed by atoms with van der Waals surface area (Å²) in [5.41, 5.74) is 0.389. The lowest BCUT2D eigenvalue weighted by molar-refractivity contribution is -0.154. The van der Waals surface area contributed by atoms with Crippen LogP contribution in [0.2, 0.25) is 0 Å². The van der Waals surface area contributed by atoms with Crippen molar-refractivity contribution in [2.45, 2.75) is 31.9 Å². The number of hydrogen-bond donors (Lipinski definition) is 1. The number of piperidine rings is 1. The average Bonchev–Trinajstić information content (AvgIpc) is 3.21. The summed E-state index contributed by atoms with van der Waals surface area (Å²) in [6.07, 6.45) is 0.0594. The smallest absolute Gasteiger partial charge is 0.422 e. The molecule has 1 aromatic rings. The van der Waals surface area contributed by atoms with E-state index in [1.165, 1.54) is 18.3 Å². The molecule has 1 N–H and O–H groups in total. The van der Waals surface area contributed by atoms with E-state index in [9.17, 15) is 22.8 Å². The van der Waals surface area contributed by atoms with Gasteiger partial charge in [0.1, 0.15) is 0 Å². The molecule has 0 unspecified atom stereocenters. The molecular weight excluding hydrogens is 377 g/mol. The van der Waals surface area contributed by atoms with Crippen LogP contribution in [0.3, 0.4) is 0 Å². The second-order valence-corrected chi connectivity index (χ2v) is 7.02. The lowest BCUT2D eigenvalue weighted by atomic mass is 9.96. The van der Waals surface area contributed by atoms with E-state index in [0.717, 1.165) is 25.9 Å². The Hall–Kier alpha value is -2.52. The molecule has 1 aromatic heterocycles. The Balaban J connectivity index is 1.44. The number of hydrogen-bond acceptors (Lipinski definition) is 4. The van der Waals surface area contributed by atoms with Gasteiger partial charge in [-0.15, -0.1) is 0 Å². The number of halogens is 3. The molecule has 10 heteroatoms. The maximum atomic E-state index is 12.4. The predicted molar refractivity (Wildman–Crippen MR) is 94.9 cm³/mol. The summed E-state index contributed by atoms with van der Waals surface area (Å²) in [4.78, 5) is 32.2. The van der Waals surface area contributed by atoms with E-state index in [-0.39, 0.29) is 23.7 Å². The van der Waals surface area contributed by atoms with Crippen molar-refractivity contribution in [1.82, 2.24) is 14.8 Å². The first-order chi connectivity index (χ1) is 13.3. The molecule has 0 bridgehead atoms. The Kier molecular flexibility index (Phi) is 6.25. The molecule has 3 heterocycles. The number of rotatable bonds is 4. The highest BCUT2D eigenvalue weighted by atomic mass is 19.4. The van der Waals surface area contributed by atoms with Crippen LogP contribution in [0.5, 0.6) is 5.88 Å². The minimum Gasteiger partial charge on any atom is -0.468 e. The molecule has 0 spiro atoms. The van der Waals surface area contributed by atoms with Gasteiger partial charge in [-0.3, -0.25) is 4.79 Å². The Morgan fingerprint density at radius 2 is 1.75 bits per heavy atom. The zero-order chi connectivity index (χ0) is 20.1. The van der Waals surface area contributed by atoms with Crippen LogP contribution in [0.15, 0.2) is 18.3 Å². The number of nitrogens with zero attached hydrogens (tertiary/aromatic N) is 3. The number of ether oxygens (including phenoxy) is 1. The Labute approximate surface area is 160 Å². The molecule has 0 radical (unpaired) electrons. The maximum Gasteiger partial charge on any atom is 0.422 e. The summed E-state index contributed by atoms with van der Waals surface area (Å²) < 4.78 is 40.9. The standard InChI is InChI=1S/C18H23F3N4O3/c19-18(20,21)12-28-15-4-3-14(11-22-15)23-16(26)13-5-9-25(10-6-13)17(27)24-7-1-2-8-24/h3-4,11,13H,1-2,5-10,12H2,(H,23,26). The lowest BCUT2D eigenvalue weighted by Gasteiger charge is -2.34. The van der Waals surface area contributed by atoms with Crippen molar-refractivity contribution in [1.29, 1.82) is 0 Å². The predicted octanol–water partition coefficient (Wildman–Crippen LogP) is 2.89. The van der Waals surface area contributed by atoms with Crippen molar-refractivity contribution in [2.24, 2.45) is 5.92 Å². The summed E-state index contributed by atoms with van der Waals surface area (Å²) >= 11 is 0. The Morgan fingerprint density at radius 3 is 2.32 bits per heavy atom. The second kappa shape index (κ2) is 8.66. The van der Waals surface area contributed by atoms with Gasteiger partial charge in [0, 0.05) is 38.2 Å². The Bertz CT molecular complexity index is 682. The van der Waals surface area contributed by atoms with Crippen LogP contribution in [0.25, 0.3) is 0 Å². The van der Waals surface area contributed by atoms with E-state index in [0.29, 0.717) is 31.6 Å². The molecule has 0 aromatic carbocycles. The number of alkyl halides is 3.